The van der Waals surface area contributed by atoms with Gasteiger partial charge in [-0.2, -0.15) is 0 Å². The first kappa shape index (κ1) is 17.4. The summed E-state index contributed by atoms with van der Waals surface area (Å²) in [6, 6.07) is 8.53. The molecule has 3 nitrogen and oxygen atoms in total. The molecule has 2 aliphatic carbocycles. The maximum atomic E-state index is 6.29. The molecule has 1 aromatic rings. The van der Waals surface area contributed by atoms with Crippen LogP contribution in [0.2, 0.25) is 0 Å². The van der Waals surface area contributed by atoms with E-state index in [4.69, 9.17) is 9.47 Å². The highest BCUT2D eigenvalue weighted by atomic mass is 16.5. The van der Waals surface area contributed by atoms with E-state index in [-0.39, 0.29) is 0 Å². The van der Waals surface area contributed by atoms with Gasteiger partial charge >= 0.3 is 0 Å². The van der Waals surface area contributed by atoms with Gasteiger partial charge in [0.25, 0.3) is 0 Å². The van der Waals surface area contributed by atoms with Crippen molar-refractivity contribution in [2.45, 2.75) is 51.5 Å². The van der Waals surface area contributed by atoms with Crippen LogP contribution in [-0.2, 0) is 11.3 Å². The monoisotopic (exact) mass is 343 g/mol. The number of ether oxygens (including phenoxy) is 2. The first-order valence-electron chi connectivity index (χ1n) is 10.2. The van der Waals surface area contributed by atoms with Crippen LogP contribution in [0, 0.1) is 17.3 Å². The Morgan fingerprint density at radius 1 is 1.16 bits per heavy atom. The molecule has 4 rings (SSSR count). The summed E-state index contributed by atoms with van der Waals surface area (Å²) in [5.74, 6) is 2.64. The number of methoxy groups -OCH3 is 1. The van der Waals surface area contributed by atoms with Gasteiger partial charge in [0.2, 0.25) is 0 Å². The fourth-order valence-electron chi connectivity index (χ4n) is 5.52. The summed E-state index contributed by atoms with van der Waals surface area (Å²) in [5.41, 5.74) is 1.79. The fourth-order valence-corrected chi connectivity index (χ4v) is 5.52. The first-order chi connectivity index (χ1) is 12.3. The van der Waals surface area contributed by atoms with Crippen molar-refractivity contribution in [1.82, 2.24) is 4.90 Å². The van der Waals surface area contributed by atoms with Gasteiger partial charge < -0.3 is 9.47 Å². The molecule has 2 saturated carbocycles. The maximum absolute atomic E-state index is 6.29. The Balaban J connectivity index is 1.34. The normalized spacial score (nSPS) is 30.0. The molecule has 0 aromatic heterocycles. The first-order valence-corrected chi connectivity index (χ1v) is 10.2. The summed E-state index contributed by atoms with van der Waals surface area (Å²) in [7, 11) is 1.75. The molecule has 3 fully saturated rings. The Bertz CT molecular complexity index is 569. The van der Waals surface area contributed by atoms with E-state index in [0.717, 1.165) is 37.3 Å². The average molecular weight is 344 g/mol. The van der Waals surface area contributed by atoms with Gasteiger partial charge in [-0.25, -0.2) is 0 Å². The van der Waals surface area contributed by atoms with Gasteiger partial charge in [-0.05, 0) is 55.2 Å². The Labute approximate surface area is 152 Å². The summed E-state index contributed by atoms with van der Waals surface area (Å²) in [6.07, 6.45) is 9.74. The fraction of sp³-hybridized carbons (Fsp3) is 0.727. The minimum atomic E-state index is 0.428. The number of rotatable bonds is 7. The molecular weight excluding hydrogens is 310 g/mol. The summed E-state index contributed by atoms with van der Waals surface area (Å²) in [4.78, 5) is 2.65. The smallest absolute Gasteiger partial charge is 0.119 e. The predicted octanol–water partition coefficient (Wildman–Crippen LogP) is 4.50. The van der Waals surface area contributed by atoms with Crippen molar-refractivity contribution < 1.29 is 9.47 Å². The summed E-state index contributed by atoms with van der Waals surface area (Å²) in [6.45, 7) is 5.48. The molecule has 3 aliphatic rings. The molecule has 25 heavy (non-hydrogen) atoms. The lowest BCUT2D eigenvalue weighted by molar-refractivity contribution is 0.0194. The van der Waals surface area contributed by atoms with E-state index < -0.39 is 0 Å². The summed E-state index contributed by atoms with van der Waals surface area (Å²) in [5, 5.41) is 0. The predicted molar refractivity (Wildman–Crippen MR) is 101 cm³/mol. The SMILES string of the molecule is COc1cccc(CN2C[C@H]3CCC[C@@]3(COCC3CCCC3)C2)c1. The van der Waals surface area contributed by atoms with Crippen molar-refractivity contribution in [2.75, 3.05) is 33.4 Å². The minimum absolute atomic E-state index is 0.428. The van der Waals surface area contributed by atoms with Crippen LogP contribution in [0.25, 0.3) is 0 Å². The number of benzene rings is 1. The van der Waals surface area contributed by atoms with Gasteiger partial charge in [0.1, 0.15) is 5.75 Å². The van der Waals surface area contributed by atoms with E-state index in [1.54, 1.807) is 7.11 Å². The van der Waals surface area contributed by atoms with Gasteiger partial charge in [-0.3, -0.25) is 4.90 Å². The van der Waals surface area contributed by atoms with Crippen LogP contribution >= 0.6 is 0 Å². The highest BCUT2D eigenvalue weighted by Gasteiger charge is 2.49. The van der Waals surface area contributed by atoms with Crippen molar-refractivity contribution in [3.05, 3.63) is 29.8 Å². The zero-order valence-electron chi connectivity index (χ0n) is 15.7. The minimum Gasteiger partial charge on any atom is -0.497 e. The van der Waals surface area contributed by atoms with Gasteiger partial charge in [0.05, 0.1) is 13.7 Å². The van der Waals surface area contributed by atoms with Crippen molar-refractivity contribution >= 4 is 0 Å². The Morgan fingerprint density at radius 3 is 2.88 bits per heavy atom. The van der Waals surface area contributed by atoms with Gasteiger partial charge in [0, 0.05) is 31.7 Å². The Hall–Kier alpha value is -1.06. The highest BCUT2D eigenvalue weighted by Crippen LogP contribution is 2.49. The van der Waals surface area contributed by atoms with Crippen LogP contribution in [0.4, 0.5) is 0 Å². The summed E-state index contributed by atoms with van der Waals surface area (Å²) >= 11 is 0. The molecule has 1 heterocycles. The largest absolute Gasteiger partial charge is 0.497 e. The van der Waals surface area contributed by atoms with Crippen molar-refractivity contribution in [3.8, 4) is 5.75 Å². The summed E-state index contributed by atoms with van der Waals surface area (Å²) < 4.78 is 11.7. The zero-order chi connectivity index (χ0) is 17.1. The molecule has 0 bridgehead atoms. The van der Waals surface area contributed by atoms with Gasteiger partial charge in [-0.1, -0.05) is 31.4 Å². The third-order valence-electron chi connectivity index (χ3n) is 6.87. The van der Waals surface area contributed by atoms with Crippen molar-refractivity contribution in [3.63, 3.8) is 0 Å². The van der Waals surface area contributed by atoms with Crippen LogP contribution in [0.1, 0.15) is 50.5 Å². The van der Waals surface area contributed by atoms with Crippen molar-refractivity contribution in [2.24, 2.45) is 17.3 Å². The molecule has 0 amide bonds. The quantitative estimate of drug-likeness (QED) is 0.727. The van der Waals surface area contributed by atoms with E-state index in [1.165, 1.54) is 63.6 Å². The van der Waals surface area contributed by atoms with Crippen LogP contribution in [-0.4, -0.2) is 38.3 Å². The molecule has 0 N–H and O–H groups in total. The molecule has 1 aromatic carbocycles. The standard InChI is InChI=1S/C22H33NO2/c1-24-21-10-4-8-19(12-21)13-23-14-20-9-5-11-22(20,16-23)17-25-15-18-6-2-3-7-18/h4,8,10,12,18,20H,2-3,5-7,9,11,13-17H2,1H3/t20-,22+/m1/s1. The number of likely N-dealkylation sites (tertiary alicyclic amines) is 1. The molecule has 0 unspecified atom stereocenters. The third kappa shape index (κ3) is 3.88. The number of fused-ring (bicyclic) bond motifs is 1. The van der Waals surface area contributed by atoms with Gasteiger partial charge in [0.15, 0.2) is 0 Å². The number of nitrogens with zero attached hydrogens (tertiary/aromatic N) is 1. The van der Waals surface area contributed by atoms with E-state index in [9.17, 15) is 0 Å². The Kier molecular flexibility index (Phi) is 5.33. The molecule has 2 atom stereocenters. The molecule has 3 heteroatoms. The van der Waals surface area contributed by atoms with E-state index in [1.807, 2.05) is 6.07 Å². The molecule has 1 saturated heterocycles. The molecule has 138 valence electrons. The molecular formula is C22H33NO2. The van der Waals surface area contributed by atoms with Crippen LogP contribution in [0.3, 0.4) is 0 Å². The third-order valence-corrected chi connectivity index (χ3v) is 6.87. The van der Waals surface area contributed by atoms with Gasteiger partial charge in [-0.15, -0.1) is 0 Å². The van der Waals surface area contributed by atoms with E-state index in [2.05, 4.69) is 23.1 Å². The van der Waals surface area contributed by atoms with Crippen LogP contribution in [0.15, 0.2) is 24.3 Å². The molecule has 0 radical (unpaired) electrons. The van der Waals surface area contributed by atoms with E-state index >= 15 is 0 Å². The lowest BCUT2D eigenvalue weighted by Gasteiger charge is -2.29. The Morgan fingerprint density at radius 2 is 2.04 bits per heavy atom. The topological polar surface area (TPSA) is 21.7 Å². The second kappa shape index (κ2) is 7.67. The maximum Gasteiger partial charge on any atom is 0.119 e. The van der Waals surface area contributed by atoms with Crippen molar-refractivity contribution in [1.29, 1.82) is 0 Å². The van der Waals surface area contributed by atoms with Crippen LogP contribution < -0.4 is 4.74 Å². The number of hydrogen-bond acceptors (Lipinski definition) is 3. The average Bonchev–Trinajstić information content (AvgIpc) is 3.31. The number of hydrogen-bond donors (Lipinski definition) is 0. The molecule has 1 aliphatic heterocycles. The zero-order valence-corrected chi connectivity index (χ0v) is 15.7. The van der Waals surface area contributed by atoms with E-state index in [0.29, 0.717) is 5.41 Å². The highest BCUT2D eigenvalue weighted by molar-refractivity contribution is 5.28. The second-order valence-electron chi connectivity index (χ2n) is 8.64. The second-order valence-corrected chi connectivity index (χ2v) is 8.64. The lowest BCUT2D eigenvalue weighted by Crippen LogP contribution is -2.33. The molecule has 0 spiro atoms. The lowest BCUT2D eigenvalue weighted by atomic mass is 9.81. The van der Waals surface area contributed by atoms with Crippen LogP contribution in [0.5, 0.6) is 5.75 Å².